The lowest BCUT2D eigenvalue weighted by atomic mass is 10.1. The van der Waals surface area contributed by atoms with E-state index in [2.05, 4.69) is 55.9 Å². The molecule has 2 atom stereocenters. The summed E-state index contributed by atoms with van der Waals surface area (Å²) in [4.78, 5) is 11.0. The van der Waals surface area contributed by atoms with Crippen molar-refractivity contribution in [2.45, 2.75) is 38.4 Å². The van der Waals surface area contributed by atoms with E-state index in [0.29, 0.717) is 12.1 Å². The second-order valence-corrected chi connectivity index (χ2v) is 9.14. The second-order valence-electron chi connectivity index (χ2n) is 8.14. The number of methoxy groups -OCH3 is 1. The average molecular weight is 556 g/mol. The van der Waals surface area contributed by atoms with Crippen LogP contribution in [-0.2, 0) is 13.0 Å². The molecule has 6 nitrogen and oxygen atoms in total. The number of hydrogen-bond acceptors (Lipinski definition) is 5. The highest BCUT2D eigenvalue weighted by Gasteiger charge is 2.26. The van der Waals surface area contributed by atoms with Gasteiger partial charge in [-0.2, -0.15) is 0 Å². The van der Waals surface area contributed by atoms with Crippen LogP contribution in [0.1, 0.15) is 23.8 Å². The van der Waals surface area contributed by atoms with Gasteiger partial charge in [-0.25, -0.2) is 0 Å². The highest BCUT2D eigenvalue weighted by atomic mass is 127. The zero-order valence-electron chi connectivity index (χ0n) is 18.6. The molecule has 1 fully saturated rings. The molecule has 0 amide bonds. The maximum absolute atomic E-state index is 5.53. The molecule has 0 radical (unpaired) electrons. The fourth-order valence-electron chi connectivity index (χ4n) is 4.40. The lowest BCUT2D eigenvalue weighted by Gasteiger charge is -2.33. The summed E-state index contributed by atoms with van der Waals surface area (Å²) in [5.41, 5.74) is 2.67. The van der Waals surface area contributed by atoms with Gasteiger partial charge >= 0.3 is 0 Å². The molecule has 0 bridgehead atoms. The van der Waals surface area contributed by atoms with E-state index >= 15 is 0 Å². The van der Waals surface area contributed by atoms with E-state index in [0.717, 1.165) is 50.9 Å². The summed E-state index contributed by atoms with van der Waals surface area (Å²) in [6, 6.07) is 11.4. The summed E-state index contributed by atoms with van der Waals surface area (Å²) in [6.45, 7) is 7.35. The summed E-state index contributed by atoms with van der Waals surface area (Å²) in [6.07, 6.45) is 2.26. The topological polar surface area (TPSA) is 52.1 Å². The van der Waals surface area contributed by atoms with Gasteiger partial charge in [-0.3, -0.25) is 9.89 Å². The molecule has 0 saturated carbocycles. The first kappa shape index (κ1) is 24.1. The van der Waals surface area contributed by atoms with Crippen molar-refractivity contribution in [3.8, 4) is 5.75 Å². The summed E-state index contributed by atoms with van der Waals surface area (Å²) in [5, 5.41) is 9.38. The summed E-state index contributed by atoms with van der Waals surface area (Å²) in [5.74, 6) is 1.83. The molecule has 1 aromatic carbocycles. The summed E-state index contributed by atoms with van der Waals surface area (Å²) in [7, 11) is 3.59. The van der Waals surface area contributed by atoms with Gasteiger partial charge in [0.05, 0.1) is 12.8 Å². The molecule has 170 valence electrons. The van der Waals surface area contributed by atoms with Gasteiger partial charge in [0, 0.05) is 56.7 Å². The Morgan fingerprint density at radius 1 is 1.29 bits per heavy atom. The van der Waals surface area contributed by atoms with E-state index in [1.807, 2.05) is 30.5 Å². The largest absolute Gasteiger partial charge is 0.495 e. The first-order chi connectivity index (χ1) is 14.7. The van der Waals surface area contributed by atoms with E-state index < -0.39 is 0 Å². The Morgan fingerprint density at radius 3 is 2.94 bits per heavy atom. The molecule has 31 heavy (non-hydrogen) atoms. The Balaban J connectivity index is 0.00000272. The second kappa shape index (κ2) is 11.4. The zero-order valence-corrected chi connectivity index (χ0v) is 21.8. The number of ether oxygens (including phenoxy) is 1. The van der Waals surface area contributed by atoms with E-state index in [1.54, 1.807) is 12.0 Å². The van der Waals surface area contributed by atoms with Gasteiger partial charge in [0.15, 0.2) is 5.96 Å². The lowest BCUT2D eigenvalue weighted by Crippen LogP contribution is -2.49. The van der Waals surface area contributed by atoms with Gasteiger partial charge in [-0.1, -0.05) is 12.1 Å². The van der Waals surface area contributed by atoms with E-state index in [4.69, 9.17) is 4.74 Å². The van der Waals surface area contributed by atoms with Crippen LogP contribution < -0.4 is 20.3 Å². The van der Waals surface area contributed by atoms with Crippen LogP contribution in [-0.4, -0.2) is 63.3 Å². The van der Waals surface area contributed by atoms with Crippen LogP contribution >= 0.6 is 35.3 Å². The Bertz CT molecular complexity index is 873. The molecule has 2 aromatic rings. The highest BCUT2D eigenvalue weighted by molar-refractivity contribution is 14.0. The standard InChI is InChI=1S/C23H33N5OS.HI/c1-17(27-12-9-22-18(15-27)10-13-30-22)14-25-23(24-2)26-19-8-11-28(16-19)20-6-4-5-7-21(20)29-3;/h4-7,10,13,17,19H,8-9,11-12,14-16H2,1-3H3,(H2,24,25,26);1H. The normalized spacial score (nSPS) is 20.0. The lowest BCUT2D eigenvalue weighted by molar-refractivity contribution is 0.192. The van der Waals surface area contributed by atoms with Crippen LogP contribution in [0, 0.1) is 0 Å². The van der Waals surface area contributed by atoms with Crippen molar-refractivity contribution in [1.29, 1.82) is 0 Å². The van der Waals surface area contributed by atoms with Crippen molar-refractivity contribution in [2.24, 2.45) is 4.99 Å². The fourth-order valence-corrected chi connectivity index (χ4v) is 5.29. The van der Waals surface area contributed by atoms with Crippen molar-refractivity contribution >= 4 is 47.0 Å². The van der Waals surface area contributed by atoms with Gasteiger partial charge in [-0.15, -0.1) is 35.3 Å². The minimum atomic E-state index is 0. The third-order valence-electron chi connectivity index (χ3n) is 6.20. The van der Waals surface area contributed by atoms with E-state index in [9.17, 15) is 0 Å². The maximum Gasteiger partial charge on any atom is 0.191 e. The number of nitrogens with one attached hydrogen (secondary N) is 2. The van der Waals surface area contributed by atoms with Gasteiger partial charge in [0.2, 0.25) is 0 Å². The number of hydrogen-bond donors (Lipinski definition) is 2. The molecule has 2 unspecified atom stereocenters. The Morgan fingerprint density at radius 2 is 2.13 bits per heavy atom. The molecule has 2 N–H and O–H groups in total. The first-order valence-electron chi connectivity index (χ1n) is 10.8. The highest BCUT2D eigenvalue weighted by Crippen LogP contribution is 2.30. The van der Waals surface area contributed by atoms with Gasteiger partial charge in [-0.05, 0) is 48.9 Å². The molecule has 2 aliphatic rings. The molecule has 4 rings (SSSR count). The van der Waals surface area contributed by atoms with Crippen LogP contribution in [0.5, 0.6) is 5.75 Å². The molecule has 2 aliphatic heterocycles. The van der Waals surface area contributed by atoms with Gasteiger partial charge < -0.3 is 20.3 Å². The van der Waals surface area contributed by atoms with Gasteiger partial charge in [0.1, 0.15) is 5.75 Å². The maximum atomic E-state index is 5.53. The number of nitrogens with zero attached hydrogens (tertiary/aromatic N) is 3. The number of halogens is 1. The predicted molar refractivity (Wildman–Crippen MR) is 141 cm³/mol. The molecule has 3 heterocycles. The number of rotatable bonds is 6. The van der Waals surface area contributed by atoms with Crippen molar-refractivity contribution in [3.05, 3.63) is 46.2 Å². The molecule has 1 aromatic heterocycles. The van der Waals surface area contributed by atoms with Crippen LogP contribution in [0.2, 0.25) is 0 Å². The fraction of sp³-hybridized carbons (Fsp3) is 0.522. The number of guanidine groups is 1. The van der Waals surface area contributed by atoms with Crippen molar-refractivity contribution in [3.63, 3.8) is 0 Å². The van der Waals surface area contributed by atoms with Crippen LogP contribution in [0.3, 0.4) is 0 Å². The number of aliphatic imine (C=N–C) groups is 1. The summed E-state index contributed by atoms with van der Waals surface area (Å²) < 4.78 is 5.53. The molecular weight excluding hydrogens is 521 g/mol. The van der Waals surface area contributed by atoms with Crippen LogP contribution in [0.15, 0.2) is 40.7 Å². The SMILES string of the molecule is CN=C(NCC(C)N1CCc2sccc2C1)NC1CCN(c2ccccc2OC)C1.I. The molecular formula is C23H34IN5OS. The molecule has 1 saturated heterocycles. The number of thiophene rings is 1. The zero-order chi connectivity index (χ0) is 20.9. The predicted octanol–water partition coefficient (Wildman–Crippen LogP) is 3.57. The van der Waals surface area contributed by atoms with E-state index in [-0.39, 0.29) is 24.0 Å². The Kier molecular flexibility index (Phi) is 8.85. The third kappa shape index (κ3) is 5.84. The van der Waals surface area contributed by atoms with Gasteiger partial charge in [0.25, 0.3) is 0 Å². The van der Waals surface area contributed by atoms with Crippen molar-refractivity contribution in [2.75, 3.05) is 45.2 Å². The number of para-hydroxylation sites is 2. The quantitative estimate of drug-likeness (QED) is 0.325. The Hall–Kier alpha value is -1.52. The molecule has 0 spiro atoms. The van der Waals surface area contributed by atoms with E-state index in [1.165, 1.54) is 17.7 Å². The average Bonchev–Trinajstić information content (AvgIpc) is 3.45. The smallest absolute Gasteiger partial charge is 0.191 e. The molecule has 0 aliphatic carbocycles. The first-order valence-corrected chi connectivity index (χ1v) is 11.7. The number of benzene rings is 1. The number of anilines is 1. The summed E-state index contributed by atoms with van der Waals surface area (Å²) >= 11 is 1.90. The minimum Gasteiger partial charge on any atom is -0.495 e. The number of fused-ring (bicyclic) bond motifs is 1. The molecule has 8 heteroatoms. The third-order valence-corrected chi connectivity index (χ3v) is 7.23. The van der Waals surface area contributed by atoms with Crippen molar-refractivity contribution < 1.29 is 4.74 Å². The van der Waals surface area contributed by atoms with Crippen LogP contribution in [0.4, 0.5) is 5.69 Å². The van der Waals surface area contributed by atoms with Crippen LogP contribution in [0.25, 0.3) is 0 Å². The minimum absolute atomic E-state index is 0. The van der Waals surface area contributed by atoms with Crippen molar-refractivity contribution in [1.82, 2.24) is 15.5 Å². The Labute approximate surface area is 207 Å². The monoisotopic (exact) mass is 555 g/mol.